The van der Waals surface area contributed by atoms with Gasteiger partial charge in [-0.15, -0.1) is 5.48 Å². The molecule has 5 atom stereocenters. The molecule has 5 rings (SSSR count). The first-order chi connectivity index (χ1) is 27.1. The number of nitriles is 1. The van der Waals surface area contributed by atoms with Crippen LogP contribution >= 0.6 is 23.2 Å². The smallest absolute Gasteiger partial charge is 0.491 e. The van der Waals surface area contributed by atoms with Crippen molar-refractivity contribution >= 4 is 46.9 Å². The number of nitrogens with one attached hydrogen (secondary N) is 3. The van der Waals surface area contributed by atoms with Gasteiger partial charge in [-0.05, 0) is 92.3 Å². The molecule has 11 nitrogen and oxygen atoms in total. The maximum atomic E-state index is 16.1. The number of aromatic carboxylic acids is 1. The predicted octanol–water partition coefficient (Wildman–Crippen LogP) is 9.25. The van der Waals surface area contributed by atoms with Crippen LogP contribution in [0.4, 0.5) is 19.3 Å². The number of ether oxygens (including phenoxy) is 2. The van der Waals surface area contributed by atoms with E-state index in [1.54, 1.807) is 0 Å². The Labute approximate surface area is 340 Å². The summed E-state index contributed by atoms with van der Waals surface area (Å²) in [5, 5.41) is 26.7. The van der Waals surface area contributed by atoms with Gasteiger partial charge in [0.2, 0.25) is 5.91 Å². The number of amides is 1. The molecule has 0 saturated carbocycles. The summed E-state index contributed by atoms with van der Waals surface area (Å²) < 4.78 is 43.4. The molecule has 15 heteroatoms. The van der Waals surface area contributed by atoms with E-state index >= 15 is 8.78 Å². The lowest BCUT2D eigenvalue weighted by molar-refractivity contribution is -0.118. The highest BCUT2D eigenvalue weighted by atomic mass is 35.5. The minimum absolute atomic E-state index is 0.00534. The van der Waals surface area contributed by atoms with Gasteiger partial charge < -0.3 is 30.1 Å². The Hall–Kier alpha value is -4.74. The fourth-order valence-corrected chi connectivity index (χ4v) is 7.83. The molecule has 1 saturated heterocycles. The third kappa shape index (κ3) is 10.6. The van der Waals surface area contributed by atoms with E-state index in [9.17, 15) is 24.8 Å². The first kappa shape index (κ1) is 43.4. The number of carboxylic acids is 1. The van der Waals surface area contributed by atoms with Crippen molar-refractivity contribution in [3.8, 4) is 11.8 Å². The standard InChI is InChI=1S/C42H46Cl2F2N4O7/c1-41(2,3)23-34-42(24-47,29-17-16-26(43)22-31(29)45)35(28-13-9-14-30(44)36(28)46)37(50-34)38(51)49-32-18-15-25(39(52)53)21-33(32)55-20-10-19-48-57-40(54)56-27-11-7-5-4-6-8-12-27/h4-5,9,13-18,21-22,27,34-35,37,48,50H,6-8,10-12,19-20,23H2,1-3H3,(H,49,51)(H,52,53)/b5-4-. The van der Waals surface area contributed by atoms with Crippen molar-refractivity contribution in [2.75, 3.05) is 18.5 Å². The zero-order valence-corrected chi connectivity index (χ0v) is 33.4. The summed E-state index contributed by atoms with van der Waals surface area (Å²) in [5.41, 5.74) is 0.0404. The van der Waals surface area contributed by atoms with E-state index in [-0.39, 0.29) is 70.3 Å². The molecule has 57 heavy (non-hydrogen) atoms. The number of anilines is 1. The van der Waals surface area contributed by atoms with Gasteiger partial charge in [0.1, 0.15) is 28.9 Å². The van der Waals surface area contributed by atoms with Crippen LogP contribution in [0, 0.1) is 28.4 Å². The van der Waals surface area contributed by atoms with E-state index in [2.05, 4.69) is 34.3 Å². The Morgan fingerprint density at radius 1 is 1.05 bits per heavy atom. The average Bonchev–Trinajstić information content (AvgIpc) is 3.45. The number of carbonyl (C=O) groups is 3. The number of nitrogens with zero attached hydrogens (tertiary/aromatic N) is 1. The number of hydrogen-bond acceptors (Lipinski definition) is 9. The predicted molar refractivity (Wildman–Crippen MR) is 211 cm³/mol. The molecule has 1 amide bonds. The molecule has 1 fully saturated rings. The van der Waals surface area contributed by atoms with E-state index in [4.69, 9.17) is 37.5 Å². The summed E-state index contributed by atoms with van der Waals surface area (Å²) in [4.78, 5) is 43.6. The van der Waals surface area contributed by atoms with Crippen LogP contribution in [0.5, 0.6) is 5.75 Å². The molecule has 4 N–H and O–H groups in total. The zero-order chi connectivity index (χ0) is 41.3. The highest BCUT2D eigenvalue weighted by Gasteiger charge is 2.61. The highest BCUT2D eigenvalue weighted by Crippen LogP contribution is 2.53. The van der Waals surface area contributed by atoms with Gasteiger partial charge in [0.05, 0.1) is 35.0 Å². The lowest BCUT2D eigenvalue weighted by Crippen LogP contribution is -2.45. The summed E-state index contributed by atoms with van der Waals surface area (Å²) >= 11 is 12.4. The van der Waals surface area contributed by atoms with Crippen LogP contribution in [0.3, 0.4) is 0 Å². The van der Waals surface area contributed by atoms with Crippen molar-refractivity contribution < 1.29 is 42.6 Å². The summed E-state index contributed by atoms with van der Waals surface area (Å²) in [5.74, 6) is -4.96. The number of carboxylic acid groups (broad SMARTS) is 1. The van der Waals surface area contributed by atoms with Gasteiger partial charge in [-0.2, -0.15) is 5.26 Å². The monoisotopic (exact) mass is 826 g/mol. The number of rotatable bonds is 13. The van der Waals surface area contributed by atoms with Crippen LogP contribution in [0.25, 0.3) is 0 Å². The molecule has 1 heterocycles. The topological polar surface area (TPSA) is 159 Å². The van der Waals surface area contributed by atoms with Crippen molar-refractivity contribution in [1.82, 2.24) is 10.8 Å². The fraction of sp³-hybridized carbons (Fsp3) is 0.429. The SMILES string of the molecule is CC(C)(C)CC1NC(C(=O)Nc2ccc(C(=O)O)cc2OCCCNOC(=O)OC2CC/C=C\CCC2)C(c2cccc(Cl)c2F)C1(C#N)c1ccc(Cl)cc1F. The van der Waals surface area contributed by atoms with Crippen molar-refractivity contribution in [2.24, 2.45) is 5.41 Å². The second kappa shape index (κ2) is 19.1. The molecule has 0 aromatic heterocycles. The Balaban J connectivity index is 1.39. The first-order valence-corrected chi connectivity index (χ1v) is 19.5. The van der Waals surface area contributed by atoms with E-state index in [0.29, 0.717) is 6.42 Å². The lowest BCUT2D eigenvalue weighted by atomic mass is 9.62. The Kier molecular flexibility index (Phi) is 14.6. The number of carbonyl (C=O) groups excluding carboxylic acids is 2. The van der Waals surface area contributed by atoms with Gasteiger partial charge in [0, 0.05) is 29.1 Å². The molecule has 0 radical (unpaired) electrons. The average molecular weight is 828 g/mol. The summed E-state index contributed by atoms with van der Waals surface area (Å²) in [6, 6.07) is 12.1. The molecule has 5 unspecified atom stereocenters. The van der Waals surface area contributed by atoms with E-state index in [1.165, 1.54) is 48.5 Å². The molecule has 3 aromatic carbocycles. The minimum Gasteiger partial charge on any atom is -0.491 e. The molecule has 2 aliphatic rings. The maximum Gasteiger partial charge on any atom is 0.527 e. The van der Waals surface area contributed by atoms with E-state index in [0.717, 1.165) is 31.7 Å². The van der Waals surface area contributed by atoms with Crippen molar-refractivity contribution in [2.45, 2.75) is 95.2 Å². The minimum atomic E-state index is -1.85. The molecular weight excluding hydrogens is 781 g/mol. The summed E-state index contributed by atoms with van der Waals surface area (Å²) in [6.07, 6.45) is 7.77. The van der Waals surface area contributed by atoms with Crippen molar-refractivity contribution in [3.05, 3.63) is 105 Å². The molecule has 0 bridgehead atoms. The molecule has 304 valence electrons. The highest BCUT2D eigenvalue weighted by molar-refractivity contribution is 6.31. The maximum absolute atomic E-state index is 16.1. The summed E-state index contributed by atoms with van der Waals surface area (Å²) in [6.45, 7) is 5.95. The molecule has 0 spiro atoms. The molecular formula is C42H46Cl2F2N4O7. The largest absolute Gasteiger partial charge is 0.527 e. The quantitative estimate of drug-likeness (QED) is 0.0567. The number of halogens is 4. The zero-order valence-electron chi connectivity index (χ0n) is 31.9. The molecule has 3 aromatic rings. The number of allylic oxidation sites excluding steroid dienone is 2. The van der Waals surface area contributed by atoms with Crippen molar-refractivity contribution in [1.29, 1.82) is 5.26 Å². The number of benzene rings is 3. The normalized spacial score (nSPS) is 22.7. The lowest BCUT2D eigenvalue weighted by Gasteiger charge is -2.37. The van der Waals surface area contributed by atoms with Gasteiger partial charge >= 0.3 is 12.1 Å². The van der Waals surface area contributed by atoms with E-state index in [1.807, 2.05) is 20.8 Å². The van der Waals surface area contributed by atoms with Gasteiger partial charge in [0.25, 0.3) is 0 Å². The molecule has 1 aliphatic heterocycles. The fourth-order valence-electron chi connectivity index (χ4n) is 7.49. The van der Waals surface area contributed by atoms with Gasteiger partial charge in [0.15, 0.2) is 0 Å². The number of hydrogen-bond donors (Lipinski definition) is 4. The Morgan fingerprint density at radius 2 is 1.82 bits per heavy atom. The number of hydroxylamine groups is 1. The Bertz CT molecular complexity index is 2020. The van der Waals surface area contributed by atoms with Crippen LogP contribution in [0.2, 0.25) is 10.0 Å². The van der Waals surface area contributed by atoms with Crippen LogP contribution in [-0.4, -0.2) is 54.5 Å². The third-order valence-electron chi connectivity index (χ3n) is 10.0. The Morgan fingerprint density at radius 3 is 2.54 bits per heavy atom. The van der Waals surface area contributed by atoms with Crippen LogP contribution in [0.1, 0.15) is 93.1 Å². The van der Waals surface area contributed by atoms with Gasteiger partial charge in [-0.25, -0.2) is 18.4 Å². The second-order valence-electron chi connectivity index (χ2n) is 15.4. The van der Waals surface area contributed by atoms with Gasteiger partial charge in [-0.3, -0.25) is 4.79 Å². The van der Waals surface area contributed by atoms with E-state index < -0.39 is 58.5 Å². The van der Waals surface area contributed by atoms with Gasteiger partial charge in [-0.1, -0.05) is 74.3 Å². The summed E-state index contributed by atoms with van der Waals surface area (Å²) in [7, 11) is 0. The van der Waals surface area contributed by atoms with Crippen LogP contribution < -0.4 is 20.9 Å². The third-order valence-corrected chi connectivity index (χ3v) is 10.6. The molecule has 1 aliphatic carbocycles. The van der Waals surface area contributed by atoms with Crippen LogP contribution in [-0.2, 0) is 19.8 Å². The van der Waals surface area contributed by atoms with Crippen LogP contribution in [0.15, 0.2) is 66.7 Å². The second-order valence-corrected chi connectivity index (χ2v) is 16.2. The van der Waals surface area contributed by atoms with Crippen molar-refractivity contribution in [3.63, 3.8) is 0 Å². The first-order valence-electron chi connectivity index (χ1n) is 18.8.